The fourth-order valence-electron chi connectivity index (χ4n) is 2.27. The van der Waals surface area contributed by atoms with E-state index in [-0.39, 0.29) is 11.7 Å². The molecule has 2 rings (SSSR count). The molecule has 0 spiro atoms. The van der Waals surface area contributed by atoms with Crippen LogP contribution in [0, 0.1) is 30.0 Å². The molecule has 0 aliphatic carbocycles. The van der Waals surface area contributed by atoms with Crippen LogP contribution in [0.1, 0.15) is 24.0 Å². The van der Waals surface area contributed by atoms with Crippen LogP contribution in [0.5, 0.6) is 0 Å². The number of nitrogens with zero attached hydrogens (tertiary/aromatic N) is 2. The number of nitriles is 1. The van der Waals surface area contributed by atoms with Crippen molar-refractivity contribution in [3.05, 3.63) is 34.1 Å². The topological polar surface area (TPSA) is 27.0 Å². The van der Waals surface area contributed by atoms with Crippen molar-refractivity contribution in [2.24, 2.45) is 5.92 Å². The van der Waals surface area contributed by atoms with Gasteiger partial charge in [-0.25, -0.2) is 4.39 Å². The number of halogens is 2. The average molecular weight is 267 g/mol. The number of aryl methyl sites for hydroxylation is 1. The van der Waals surface area contributed by atoms with Gasteiger partial charge in [-0.05, 0) is 56.1 Å². The second-order valence-corrected chi connectivity index (χ2v) is 5.28. The van der Waals surface area contributed by atoms with Crippen molar-refractivity contribution in [3.63, 3.8) is 0 Å². The summed E-state index contributed by atoms with van der Waals surface area (Å²) in [5.74, 6) is -0.0345. The van der Waals surface area contributed by atoms with Gasteiger partial charge in [0.15, 0.2) is 0 Å². The first-order valence-electron chi connectivity index (χ1n) is 6.16. The molecule has 96 valence electrons. The van der Waals surface area contributed by atoms with E-state index >= 15 is 0 Å². The molecule has 1 fully saturated rings. The van der Waals surface area contributed by atoms with Crippen LogP contribution in [0.15, 0.2) is 12.1 Å². The molecule has 1 aliphatic heterocycles. The summed E-state index contributed by atoms with van der Waals surface area (Å²) in [6, 6.07) is 5.50. The van der Waals surface area contributed by atoms with E-state index in [0.29, 0.717) is 17.1 Å². The van der Waals surface area contributed by atoms with E-state index in [4.69, 9.17) is 16.9 Å². The first-order chi connectivity index (χ1) is 8.60. The largest absolute Gasteiger partial charge is 0.299 e. The zero-order valence-electron chi connectivity index (χ0n) is 10.4. The van der Waals surface area contributed by atoms with Gasteiger partial charge in [0, 0.05) is 17.5 Å². The van der Waals surface area contributed by atoms with Gasteiger partial charge in [-0.3, -0.25) is 4.90 Å². The molecule has 0 amide bonds. The third-order valence-electron chi connectivity index (χ3n) is 3.49. The van der Waals surface area contributed by atoms with Gasteiger partial charge in [0.05, 0.1) is 6.07 Å². The lowest BCUT2D eigenvalue weighted by atomic mass is 9.98. The standard InChI is InChI=1S/C14H16ClFN2/c1-10-6-13(15)12(7-14(10)16)9-18-4-2-11(8-17)3-5-18/h6-7,11H,2-5,9H2,1H3. The SMILES string of the molecule is Cc1cc(Cl)c(CN2CCC(C#N)CC2)cc1F. The summed E-state index contributed by atoms with van der Waals surface area (Å²) in [7, 11) is 0. The fraction of sp³-hybridized carbons (Fsp3) is 0.500. The summed E-state index contributed by atoms with van der Waals surface area (Å²) in [5, 5.41) is 9.46. The average Bonchev–Trinajstić information content (AvgIpc) is 2.37. The van der Waals surface area contributed by atoms with Crippen LogP contribution in [0.3, 0.4) is 0 Å². The molecule has 2 nitrogen and oxygen atoms in total. The monoisotopic (exact) mass is 266 g/mol. The van der Waals surface area contributed by atoms with Gasteiger partial charge >= 0.3 is 0 Å². The van der Waals surface area contributed by atoms with Gasteiger partial charge in [-0.1, -0.05) is 11.6 Å². The molecule has 0 saturated carbocycles. The number of hydrogen-bond donors (Lipinski definition) is 0. The smallest absolute Gasteiger partial charge is 0.126 e. The van der Waals surface area contributed by atoms with Crippen molar-refractivity contribution in [3.8, 4) is 6.07 Å². The molecule has 4 heteroatoms. The van der Waals surface area contributed by atoms with Crippen molar-refractivity contribution >= 4 is 11.6 Å². The summed E-state index contributed by atoms with van der Waals surface area (Å²) >= 11 is 6.13. The Balaban J connectivity index is 2.03. The van der Waals surface area contributed by atoms with Crippen molar-refractivity contribution in [2.45, 2.75) is 26.3 Å². The summed E-state index contributed by atoms with van der Waals surface area (Å²) in [5.41, 5.74) is 1.40. The van der Waals surface area contributed by atoms with E-state index in [9.17, 15) is 4.39 Å². The molecule has 18 heavy (non-hydrogen) atoms. The maximum Gasteiger partial charge on any atom is 0.126 e. The number of likely N-dealkylation sites (tertiary alicyclic amines) is 1. The number of benzene rings is 1. The Labute approximate surface area is 112 Å². The van der Waals surface area contributed by atoms with E-state index < -0.39 is 0 Å². The van der Waals surface area contributed by atoms with Gasteiger partial charge in [0.1, 0.15) is 5.82 Å². The van der Waals surface area contributed by atoms with Crippen LogP contribution < -0.4 is 0 Å². The van der Waals surface area contributed by atoms with Gasteiger partial charge < -0.3 is 0 Å². The molecular weight excluding hydrogens is 251 g/mol. The summed E-state index contributed by atoms with van der Waals surface area (Å²) in [6.07, 6.45) is 1.78. The first-order valence-corrected chi connectivity index (χ1v) is 6.54. The summed E-state index contributed by atoms with van der Waals surface area (Å²) in [4.78, 5) is 2.23. The zero-order chi connectivity index (χ0) is 13.1. The van der Waals surface area contributed by atoms with E-state index in [0.717, 1.165) is 31.5 Å². The lowest BCUT2D eigenvalue weighted by molar-refractivity contribution is 0.198. The Morgan fingerprint density at radius 1 is 1.44 bits per heavy atom. The molecule has 0 N–H and O–H groups in total. The second-order valence-electron chi connectivity index (χ2n) is 4.87. The Bertz CT molecular complexity index is 473. The molecule has 0 unspecified atom stereocenters. The molecular formula is C14H16ClFN2. The first kappa shape index (κ1) is 13.3. The maximum atomic E-state index is 13.5. The molecule has 0 atom stereocenters. The maximum absolute atomic E-state index is 13.5. The van der Waals surface area contributed by atoms with E-state index in [1.54, 1.807) is 13.0 Å². The molecule has 1 aromatic rings. The summed E-state index contributed by atoms with van der Waals surface area (Å²) < 4.78 is 13.5. The van der Waals surface area contributed by atoms with E-state index in [1.807, 2.05) is 0 Å². The highest BCUT2D eigenvalue weighted by Crippen LogP contribution is 2.24. The van der Waals surface area contributed by atoms with Crippen molar-refractivity contribution in [1.29, 1.82) is 5.26 Å². The highest BCUT2D eigenvalue weighted by molar-refractivity contribution is 6.31. The van der Waals surface area contributed by atoms with Crippen LogP contribution in [0.2, 0.25) is 5.02 Å². The number of rotatable bonds is 2. The Kier molecular flexibility index (Phi) is 4.21. The van der Waals surface area contributed by atoms with Crippen LogP contribution in [0.4, 0.5) is 4.39 Å². The third-order valence-corrected chi connectivity index (χ3v) is 3.84. The van der Waals surface area contributed by atoms with Gasteiger partial charge in [0.25, 0.3) is 0 Å². The Morgan fingerprint density at radius 3 is 2.72 bits per heavy atom. The second kappa shape index (κ2) is 5.69. The lowest BCUT2D eigenvalue weighted by Gasteiger charge is -2.29. The molecule has 1 heterocycles. The molecule has 1 saturated heterocycles. The highest BCUT2D eigenvalue weighted by atomic mass is 35.5. The third kappa shape index (κ3) is 3.01. The molecule has 1 aliphatic rings. The number of hydrogen-bond acceptors (Lipinski definition) is 2. The van der Waals surface area contributed by atoms with Crippen molar-refractivity contribution in [1.82, 2.24) is 4.90 Å². The molecule has 0 bridgehead atoms. The van der Waals surface area contributed by atoms with Crippen molar-refractivity contribution < 1.29 is 4.39 Å². The van der Waals surface area contributed by atoms with Crippen molar-refractivity contribution in [2.75, 3.05) is 13.1 Å². The van der Waals surface area contributed by atoms with Crippen LogP contribution in [0.25, 0.3) is 0 Å². The van der Waals surface area contributed by atoms with Gasteiger partial charge in [-0.2, -0.15) is 5.26 Å². The highest BCUT2D eigenvalue weighted by Gasteiger charge is 2.19. The zero-order valence-corrected chi connectivity index (χ0v) is 11.2. The van der Waals surface area contributed by atoms with Gasteiger partial charge in [-0.15, -0.1) is 0 Å². The summed E-state index contributed by atoms with van der Waals surface area (Å²) in [6.45, 7) is 4.13. The van der Waals surface area contributed by atoms with E-state index in [1.165, 1.54) is 6.07 Å². The minimum atomic E-state index is -0.207. The lowest BCUT2D eigenvalue weighted by Crippen LogP contribution is -2.32. The molecule has 1 aromatic carbocycles. The Morgan fingerprint density at radius 2 is 2.11 bits per heavy atom. The predicted molar refractivity (Wildman–Crippen MR) is 69.8 cm³/mol. The van der Waals surface area contributed by atoms with E-state index in [2.05, 4.69) is 11.0 Å². The predicted octanol–water partition coefficient (Wildman–Crippen LogP) is 3.52. The number of piperidine rings is 1. The molecule has 0 radical (unpaired) electrons. The molecule has 0 aromatic heterocycles. The normalized spacial score (nSPS) is 17.7. The minimum absolute atomic E-state index is 0.173. The van der Waals surface area contributed by atoms with Crippen LogP contribution >= 0.6 is 11.6 Å². The fourth-order valence-corrected chi connectivity index (χ4v) is 2.55. The van der Waals surface area contributed by atoms with Crippen LogP contribution in [-0.4, -0.2) is 18.0 Å². The minimum Gasteiger partial charge on any atom is -0.299 e. The van der Waals surface area contributed by atoms with Crippen LogP contribution in [-0.2, 0) is 6.54 Å². The quantitative estimate of drug-likeness (QED) is 0.819. The van der Waals surface area contributed by atoms with Gasteiger partial charge in [0.2, 0.25) is 0 Å². The Hall–Kier alpha value is -1.11.